The van der Waals surface area contributed by atoms with E-state index in [1.54, 1.807) is 18.2 Å². The van der Waals surface area contributed by atoms with Gasteiger partial charge in [0.25, 0.3) is 0 Å². The van der Waals surface area contributed by atoms with Gasteiger partial charge in [0.2, 0.25) is 0 Å². The molecule has 0 saturated heterocycles. The molecule has 1 aliphatic heterocycles. The summed E-state index contributed by atoms with van der Waals surface area (Å²) in [6, 6.07) is 7.16. The number of nitrogens with one attached hydrogen (secondary N) is 2. The van der Waals surface area contributed by atoms with Crippen LogP contribution in [-0.4, -0.2) is 62.2 Å². The van der Waals surface area contributed by atoms with E-state index in [0.717, 1.165) is 0 Å². The summed E-state index contributed by atoms with van der Waals surface area (Å²) in [7, 11) is 3.76. The molecule has 7 heteroatoms. The van der Waals surface area contributed by atoms with Crippen LogP contribution in [0.1, 0.15) is 12.0 Å². The predicted octanol–water partition coefficient (Wildman–Crippen LogP) is -0.549. The lowest BCUT2D eigenvalue weighted by Crippen LogP contribution is -2.48. The number of benzene rings is 1. The normalized spacial score (nSPS) is 19.7. The van der Waals surface area contributed by atoms with E-state index >= 15 is 0 Å². The topological polar surface area (TPSA) is 90.9 Å². The lowest BCUT2D eigenvalue weighted by atomic mass is 9.88. The molecule has 0 bridgehead atoms. The summed E-state index contributed by atoms with van der Waals surface area (Å²) in [6.45, 7) is 1.36. The van der Waals surface area contributed by atoms with E-state index in [1.807, 2.05) is 25.1 Å². The van der Waals surface area contributed by atoms with Gasteiger partial charge in [-0.2, -0.15) is 0 Å². The predicted molar refractivity (Wildman–Crippen MR) is 85.0 cm³/mol. The third kappa shape index (κ3) is 4.43. The van der Waals surface area contributed by atoms with Crippen LogP contribution in [0.25, 0.3) is 0 Å². The molecule has 1 atom stereocenters. The molecule has 1 aromatic carbocycles. The van der Waals surface area contributed by atoms with Crippen LogP contribution in [0, 0.1) is 0 Å². The zero-order valence-corrected chi connectivity index (χ0v) is 13.5. The number of fused-ring (bicyclic) bond motifs is 1. The molecule has 0 saturated carbocycles. The molecular weight excluding hydrogens is 298 g/mol. The van der Waals surface area contributed by atoms with Crippen molar-refractivity contribution in [2.45, 2.75) is 12.0 Å². The van der Waals surface area contributed by atoms with E-state index in [9.17, 15) is 14.7 Å². The number of rotatable bonds is 5. The number of ether oxygens (including phenoxy) is 1. The highest BCUT2D eigenvalue weighted by Crippen LogP contribution is 2.36. The van der Waals surface area contributed by atoms with Crippen molar-refractivity contribution in [1.82, 2.24) is 15.5 Å². The number of carbonyl (C=O) groups is 2. The van der Waals surface area contributed by atoms with Gasteiger partial charge in [0.1, 0.15) is 11.4 Å². The van der Waals surface area contributed by atoms with Crippen LogP contribution in [0.3, 0.4) is 0 Å². The van der Waals surface area contributed by atoms with E-state index in [1.165, 1.54) is 0 Å². The van der Waals surface area contributed by atoms with Crippen molar-refractivity contribution in [2.24, 2.45) is 0 Å². The van der Waals surface area contributed by atoms with Crippen LogP contribution in [0.15, 0.2) is 24.3 Å². The molecule has 1 unspecified atom stereocenters. The van der Waals surface area contributed by atoms with Crippen LogP contribution in [0.2, 0.25) is 0 Å². The smallest absolute Gasteiger partial charge is 0.309 e. The third-order valence-corrected chi connectivity index (χ3v) is 3.75. The fourth-order valence-electron chi connectivity index (χ4n) is 2.41. The van der Waals surface area contributed by atoms with E-state index in [0.29, 0.717) is 37.4 Å². The Bertz CT molecular complexity index is 576. The standard InChI is InChI=1S/C16H23N3O4/c1-19(2)9-8-17-14(20)15(21)18-11-16(22)7-10-23-13-6-4-3-5-12(13)16/h3-6,22H,7-11H2,1-2H3,(H,17,20)(H,18,21). The van der Waals surface area contributed by atoms with Gasteiger partial charge < -0.3 is 25.4 Å². The van der Waals surface area contributed by atoms with E-state index in [2.05, 4.69) is 10.6 Å². The van der Waals surface area contributed by atoms with Crippen molar-refractivity contribution >= 4 is 11.8 Å². The molecule has 2 rings (SSSR count). The van der Waals surface area contributed by atoms with E-state index in [-0.39, 0.29) is 6.54 Å². The zero-order valence-electron chi connectivity index (χ0n) is 13.5. The molecule has 0 radical (unpaired) electrons. The summed E-state index contributed by atoms with van der Waals surface area (Å²) in [4.78, 5) is 25.4. The quantitative estimate of drug-likeness (QED) is 0.633. The summed E-state index contributed by atoms with van der Waals surface area (Å²) in [5.74, 6) is -0.845. The number of amides is 2. The summed E-state index contributed by atoms with van der Waals surface area (Å²) in [5.41, 5.74) is -0.603. The Kier molecular flexibility index (Phi) is 5.57. The molecule has 126 valence electrons. The maximum absolute atomic E-state index is 11.8. The number of aliphatic hydroxyl groups is 1. The van der Waals surface area contributed by atoms with Crippen LogP contribution in [0.4, 0.5) is 0 Å². The molecule has 0 fully saturated rings. The van der Waals surface area contributed by atoms with Crippen LogP contribution in [-0.2, 0) is 15.2 Å². The van der Waals surface area contributed by atoms with Gasteiger partial charge in [-0.05, 0) is 20.2 Å². The van der Waals surface area contributed by atoms with Crippen molar-refractivity contribution in [1.29, 1.82) is 0 Å². The molecule has 1 heterocycles. The highest BCUT2D eigenvalue weighted by Gasteiger charge is 2.36. The maximum Gasteiger partial charge on any atom is 0.309 e. The highest BCUT2D eigenvalue weighted by molar-refractivity contribution is 6.35. The van der Waals surface area contributed by atoms with Crippen molar-refractivity contribution in [2.75, 3.05) is 40.3 Å². The van der Waals surface area contributed by atoms with Gasteiger partial charge in [-0.3, -0.25) is 9.59 Å². The first-order valence-corrected chi connectivity index (χ1v) is 7.58. The summed E-state index contributed by atoms with van der Waals surface area (Å²) in [6.07, 6.45) is 0.354. The zero-order chi connectivity index (χ0) is 16.9. The SMILES string of the molecule is CN(C)CCNC(=O)C(=O)NCC1(O)CCOc2ccccc21. The average molecular weight is 321 g/mol. The van der Waals surface area contributed by atoms with Gasteiger partial charge in [0.15, 0.2) is 0 Å². The minimum Gasteiger partial charge on any atom is -0.493 e. The Labute approximate surface area is 135 Å². The number of hydrogen-bond acceptors (Lipinski definition) is 5. The summed E-state index contributed by atoms with van der Waals surface area (Å²) in [5, 5.41) is 15.8. The van der Waals surface area contributed by atoms with Gasteiger partial charge in [0, 0.05) is 25.1 Å². The minimum absolute atomic E-state index is 0.0344. The first-order chi connectivity index (χ1) is 10.9. The van der Waals surface area contributed by atoms with Crippen molar-refractivity contribution < 1.29 is 19.4 Å². The van der Waals surface area contributed by atoms with Gasteiger partial charge in [-0.25, -0.2) is 0 Å². The third-order valence-electron chi connectivity index (χ3n) is 3.75. The van der Waals surface area contributed by atoms with Gasteiger partial charge in [0.05, 0.1) is 13.2 Å². The second-order valence-electron chi connectivity index (χ2n) is 5.87. The van der Waals surface area contributed by atoms with E-state index < -0.39 is 17.4 Å². The van der Waals surface area contributed by atoms with Gasteiger partial charge >= 0.3 is 11.8 Å². The number of carbonyl (C=O) groups excluding carboxylic acids is 2. The Morgan fingerprint density at radius 3 is 2.70 bits per heavy atom. The average Bonchev–Trinajstić information content (AvgIpc) is 2.53. The second-order valence-corrected chi connectivity index (χ2v) is 5.87. The highest BCUT2D eigenvalue weighted by atomic mass is 16.5. The molecule has 3 N–H and O–H groups in total. The summed E-state index contributed by atoms with van der Waals surface area (Å²) >= 11 is 0. The lowest BCUT2D eigenvalue weighted by molar-refractivity contribution is -0.140. The Morgan fingerprint density at radius 1 is 1.26 bits per heavy atom. The molecule has 23 heavy (non-hydrogen) atoms. The number of hydrogen-bond donors (Lipinski definition) is 3. The largest absolute Gasteiger partial charge is 0.493 e. The Morgan fingerprint density at radius 2 is 1.96 bits per heavy atom. The van der Waals surface area contributed by atoms with Crippen LogP contribution < -0.4 is 15.4 Å². The number of para-hydroxylation sites is 1. The first kappa shape index (κ1) is 17.2. The Balaban J connectivity index is 1.90. The molecule has 1 aromatic rings. The van der Waals surface area contributed by atoms with Gasteiger partial charge in [-0.1, -0.05) is 18.2 Å². The maximum atomic E-state index is 11.8. The minimum atomic E-state index is -1.23. The van der Waals surface area contributed by atoms with Gasteiger partial charge in [-0.15, -0.1) is 0 Å². The second kappa shape index (κ2) is 7.43. The first-order valence-electron chi connectivity index (χ1n) is 7.58. The number of likely N-dealkylation sites (N-methyl/N-ethyl adjacent to an activating group) is 1. The fourth-order valence-corrected chi connectivity index (χ4v) is 2.41. The summed E-state index contributed by atoms with van der Waals surface area (Å²) < 4.78 is 5.49. The molecule has 2 amide bonds. The molecule has 0 spiro atoms. The van der Waals surface area contributed by atoms with Crippen LogP contribution in [0.5, 0.6) is 5.75 Å². The van der Waals surface area contributed by atoms with E-state index in [4.69, 9.17) is 4.74 Å². The monoisotopic (exact) mass is 321 g/mol. The van der Waals surface area contributed by atoms with Crippen molar-refractivity contribution in [3.63, 3.8) is 0 Å². The molecule has 0 aromatic heterocycles. The Hall–Kier alpha value is -2.12. The van der Waals surface area contributed by atoms with Crippen molar-refractivity contribution in [3.8, 4) is 5.75 Å². The van der Waals surface area contributed by atoms with Crippen molar-refractivity contribution in [3.05, 3.63) is 29.8 Å². The fraction of sp³-hybridized carbons (Fsp3) is 0.500. The molecule has 0 aliphatic carbocycles. The molecule has 7 nitrogen and oxygen atoms in total. The number of nitrogens with zero attached hydrogens (tertiary/aromatic N) is 1. The lowest BCUT2D eigenvalue weighted by Gasteiger charge is -2.34. The van der Waals surface area contributed by atoms with Crippen LogP contribution >= 0.6 is 0 Å². The molecular formula is C16H23N3O4. The molecule has 1 aliphatic rings.